The first-order chi connectivity index (χ1) is 10.3. The third-order valence-corrected chi connectivity index (χ3v) is 5.08. The van der Waals surface area contributed by atoms with Gasteiger partial charge >= 0.3 is 0 Å². The summed E-state index contributed by atoms with van der Waals surface area (Å²) in [5.41, 5.74) is 2.18. The van der Waals surface area contributed by atoms with E-state index in [1.54, 1.807) is 29.3 Å². The molecular formula is C14H15N5S2. The summed E-state index contributed by atoms with van der Waals surface area (Å²) in [6, 6.07) is 2.59. The number of nitrogens with one attached hydrogen (secondary N) is 1. The van der Waals surface area contributed by atoms with E-state index in [9.17, 15) is 0 Å². The molecule has 3 aromatic heterocycles. The molecule has 0 bridgehead atoms. The molecule has 0 radical (unpaired) electrons. The summed E-state index contributed by atoms with van der Waals surface area (Å²) in [4.78, 5) is 14.5. The minimum absolute atomic E-state index is 0.683. The Balaban J connectivity index is 1.65. The largest absolute Gasteiger partial charge is 0.308 e. The van der Waals surface area contributed by atoms with Crippen LogP contribution in [0.1, 0.15) is 24.2 Å². The SMILES string of the molecule is Cc1ccnc(Sc2nc3sccn3c2CNC2CC2)n1. The molecule has 0 aliphatic heterocycles. The zero-order valence-electron chi connectivity index (χ0n) is 11.6. The van der Waals surface area contributed by atoms with Crippen molar-refractivity contribution >= 4 is 28.1 Å². The molecule has 4 rings (SSSR count). The molecule has 1 fully saturated rings. The van der Waals surface area contributed by atoms with E-state index >= 15 is 0 Å². The van der Waals surface area contributed by atoms with Crippen LogP contribution in [0.3, 0.4) is 0 Å². The van der Waals surface area contributed by atoms with Crippen LogP contribution in [-0.2, 0) is 6.54 Å². The van der Waals surface area contributed by atoms with Crippen molar-refractivity contribution in [2.24, 2.45) is 0 Å². The molecule has 3 aromatic rings. The molecular weight excluding hydrogens is 302 g/mol. The Morgan fingerprint density at radius 1 is 1.43 bits per heavy atom. The summed E-state index contributed by atoms with van der Waals surface area (Å²) >= 11 is 3.20. The van der Waals surface area contributed by atoms with Gasteiger partial charge in [-0.25, -0.2) is 15.0 Å². The second-order valence-corrected chi connectivity index (χ2v) is 6.99. The Kier molecular flexibility index (Phi) is 3.40. The summed E-state index contributed by atoms with van der Waals surface area (Å²) in [5, 5.41) is 7.40. The van der Waals surface area contributed by atoms with E-state index in [-0.39, 0.29) is 0 Å². The summed E-state index contributed by atoms with van der Waals surface area (Å²) in [5.74, 6) is 0. The third kappa shape index (κ3) is 2.81. The van der Waals surface area contributed by atoms with Gasteiger partial charge in [0.25, 0.3) is 0 Å². The maximum Gasteiger partial charge on any atom is 0.194 e. The molecule has 7 heteroatoms. The van der Waals surface area contributed by atoms with Crippen molar-refractivity contribution in [1.29, 1.82) is 0 Å². The van der Waals surface area contributed by atoms with Crippen LogP contribution in [0.15, 0.2) is 34.0 Å². The average molecular weight is 317 g/mol. The van der Waals surface area contributed by atoms with E-state index in [1.165, 1.54) is 18.5 Å². The van der Waals surface area contributed by atoms with Crippen LogP contribution < -0.4 is 5.32 Å². The number of aryl methyl sites for hydroxylation is 1. The van der Waals surface area contributed by atoms with Crippen molar-refractivity contribution in [3.05, 3.63) is 35.2 Å². The molecule has 108 valence electrons. The van der Waals surface area contributed by atoms with Crippen molar-refractivity contribution in [1.82, 2.24) is 24.7 Å². The highest BCUT2D eigenvalue weighted by atomic mass is 32.2. The molecule has 0 aromatic carbocycles. The van der Waals surface area contributed by atoms with Crippen molar-refractivity contribution in [2.45, 2.75) is 42.5 Å². The predicted octanol–water partition coefficient (Wildman–Crippen LogP) is 2.90. The fourth-order valence-corrected chi connectivity index (χ4v) is 3.83. The van der Waals surface area contributed by atoms with E-state index < -0.39 is 0 Å². The quantitative estimate of drug-likeness (QED) is 0.733. The van der Waals surface area contributed by atoms with Crippen LogP contribution >= 0.6 is 23.1 Å². The topological polar surface area (TPSA) is 55.1 Å². The lowest BCUT2D eigenvalue weighted by molar-refractivity contribution is 0.661. The highest BCUT2D eigenvalue weighted by Crippen LogP contribution is 2.30. The Morgan fingerprint density at radius 3 is 3.14 bits per heavy atom. The smallest absolute Gasteiger partial charge is 0.194 e. The van der Waals surface area contributed by atoms with Crippen LogP contribution in [0, 0.1) is 6.92 Å². The molecule has 0 saturated heterocycles. The van der Waals surface area contributed by atoms with Gasteiger partial charge in [0.1, 0.15) is 5.03 Å². The molecule has 1 N–H and O–H groups in total. The highest BCUT2D eigenvalue weighted by molar-refractivity contribution is 7.99. The molecule has 1 aliphatic rings. The van der Waals surface area contributed by atoms with Crippen LogP contribution in [0.5, 0.6) is 0 Å². The number of nitrogens with zero attached hydrogens (tertiary/aromatic N) is 4. The number of imidazole rings is 1. The van der Waals surface area contributed by atoms with Gasteiger partial charge in [-0.3, -0.25) is 4.40 Å². The van der Waals surface area contributed by atoms with Crippen LogP contribution in [0.4, 0.5) is 0 Å². The maximum atomic E-state index is 4.72. The zero-order chi connectivity index (χ0) is 14.2. The lowest BCUT2D eigenvalue weighted by Crippen LogP contribution is -2.16. The summed E-state index contributed by atoms with van der Waals surface area (Å²) < 4.78 is 2.16. The molecule has 1 saturated carbocycles. The molecule has 0 unspecified atom stereocenters. The minimum Gasteiger partial charge on any atom is -0.308 e. The van der Waals surface area contributed by atoms with E-state index in [0.29, 0.717) is 6.04 Å². The number of rotatable bonds is 5. The van der Waals surface area contributed by atoms with Crippen LogP contribution in [-0.4, -0.2) is 25.4 Å². The second kappa shape index (κ2) is 5.40. The van der Waals surface area contributed by atoms with Gasteiger partial charge in [-0.15, -0.1) is 11.3 Å². The highest BCUT2D eigenvalue weighted by Gasteiger charge is 2.22. The lowest BCUT2D eigenvalue weighted by Gasteiger charge is -2.05. The molecule has 21 heavy (non-hydrogen) atoms. The van der Waals surface area contributed by atoms with Gasteiger partial charge in [0.2, 0.25) is 0 Å². The fourth-order valence-electron chi connectivity index (χ4n) is 2.15. The van der Waals surface area contributed by atoms with Gasteiger partial charge in [-0.05, 0) is 37.6 Å². The van der Waals surface area contributed by atoms with Crippen molar-refractivity contribution < 1.29 is 0 Å². The van der Waals surface area contributed by atoms with Gasteiger partial charge in [0.15, 0.2) is 10.1 Å². The third-order valence-electron chi connectivity index (χ3n) is 3.42. The van der Waals surface area contributed by atoms with Crippen LogP contribution in [0.2, 0.25) is 0 Å². The monoisotopic (exact) mass is 317 g/mol. The number of aromatic nitrogens is 4. The molecule has 0 amide bonds. The van der Waals surface area contributed by atoms with E-state index in [4.69, 9.17) is 4.98 Å². The van der Waals surface area contributed by atoms with E-state index in [1.807, 2.05) is 13.0 Å². The number of thiazole rings is 1. The molecule has 0 spiro atoms. The Hall–Kier alpha value is -1.44. The Bertz CT molecular complexity index is 775. The molecule has 3 heterocycles. The second-order valence-electron chi connectivity index (χ2n) is 5.16. The minimum atomic E-state index is 0.683. The molecule has 1 aliphatic carbocycles. The summed E-state index contributed by atoms with van der Waals surface area (Å²) in [7, 11) is 0. The molecule has 0 atom stereocenters. The van der Waals surface area contributed by atoms with Gasteiger partial charge < -0.3 is 5.32 Å². The fraction of sp³-hybridized carbons (Fsp3) is 0.357. The van der Waals surface area contributed by atoms with E-state index in [2.05, 4.69) is 31.3 Å². The maximum absolute atomic E-state index is 4.72. The zero-order valence-corrected chi connectivity index (χ0v) is 13.2. The first kappa shape index (κ1) is 13.2. The standard InChI is InChI=1S/C14H15N5S2/c1-9-4-5-15-13(17-9)21-12-11(8-16-10-2-3-10)19-6-7-20-14(19)18-12/h4-7,10,16H,2-3,8H2,1H3. The van der Waals surface area contributed by atoms with Gasteiger partial charge in [0.05, 0.1) is 5.69 Å². The van der Waals surface area contributed by atoms with Crippen molar-refractivity contribution in [3.8, 4) is 0 Å². The van der Waals surface area contributed by atoms with Gasteiger partial charge in [0, 0.05) is 36.1 Å². The average Bonchev–Trinajstić information content (AvgIpc) is 3.08. The van der Waals surface area contributed by atoms with Crippen molar-refractivity contribution in [2.75, 3.05) is 0 Å². The Morgan fingerprint density at radius 2 is 2.33 bits per heavy atom. The first-order valence-corrected chi connectivity index (χ1v) is 8.64. The van der Waals surface area contributed by atoms with Crippen LogP contribution in [0.25, 0.3) is 4.96 Å². The predicted molar refractivity (Wildman–Crippen MR) is 83.8 cm³/mol. The Labute approximate surface area is 130 Å². The van der Waals surface area contributed by atoms with E-state index in [0.717, 1.165) is 27.4 Å². The number of hydrogen-bond donors (Lipinski definition) is 1. The molecule has 5 nitrogen and oxygen atoms in total. The normalized spacial score (nSPS) is 14.9. The van der Waals surface area contributed by atoms with Gasteiger partial charge in [-0.1, -0.05) is 0 Å². The summed E-state index contributed by atoms with van der Waals surface area (Å²) in [6.07, 6.45) is 6.45. The summed E-state index contributed by atoms with van der Waals surface area (Å²) in [6.45, 7) is 2.82. The number of hydrogen-bond acceptors (Lipinski definition) is 6. The lowest BCUT2D eigenvalue weighted by atomic mass is 10.4. The van der Waals surface area contributed by atoms with Gasteiger partial charge in [-0.2, -0.15) is 0 Å². The number of fused-ring (bicyclic) bond motifs is 1. The first-order valence-electron chi connectivity index (χ1n) is 6.95. The van der Waals surface area contributed by atoms with Crippen molar-refractivity contribution in [3.63, 3.8) is 0 Å².